The van der Waals surface area contributed by atoms with Gasteiger partial charge in [0, 0.05) is 18.1 Å². The summed E-state index contributed by atoms with van der Waals surface area (Å²) < 4.78 is 0. The van der Waals surface area contributed by atoms with E-state index in [-0.39, 0.29) is 0 Å². The van der Waals surface area contributed by atoms with E-state index in [2.05, 4.69) is 32.6 Å². The topological polar surface area (TPSA) is 29.3 Å². The Balaban J connectivity index is 2.68. The lowest BCUT2D eigenvalue weighted by Crippen LogP contribution is -2.55. The van der Waals surface area contributed by atoms with Gasteiger partial charge in [-0.2, -0.15) is 0 Å². The predicted octanol–water partition coefficient (Wildman–Crippen LogP) is 3.79. The molecule has 0 radical (unpaired) electrons. The van der Waals surface area contributed by atoms with E-state index in [0.29, 0.717) is 11.6 Å². The Morgan fingerprint density at radius 1 is 1.28 bits per heavy atom. The molecule has 0 aromatic carbocycles. The fourth-order valence-electron chi connectivity index (χ4n) is 3.70. The smallest absolute Gasteiger partial charge is 0.0337 e. The Morgan fingerprint density at radius 2 is 2.00 bits per heavy atom. The lowest BCUT2D eigenvalue weighted by molar-refractivity contribution is 0.0605. The third-order valence-electron chi connectivity index (χ3n) is 4.88. The molecule has 2 atom stereocenters. The predicted molar refractivity (Wildman–Crippen MR) is 80.8 cm³/mol. The summed E-state index contributed by atoms with van der Waals surface area (Å²) in [7, 11) is 0. The summed E-state index contributed by atoms with van der Waals surface area (Å²) in [6, 6.07) is 0.626. The molecule has 2 nitrogen and oxygen atoms in total. The van der Waals surface area contributed by atoms with Crippen LogP contribution in [0.25, 0.3) is 0 Å². The molecule has 0 amide bonds. The molecule has 1 saturated carbocycles. The van der Waals surface area contributed by atoms with Crippen LogP contribution in [0, 0.1) is 5.92 Å². The summed E-state index contributed by atoms with van der Waals surface area (Å²) in [6.07, 6.45) is 9.32. The summed E-state index contributed by atoms with van der Waals surface area (Å²) >= 11 is 0. The van der Waals surface area contributed by atoms with Crippen molar-refractivity contribution >= 4 is 0 Å². The van der Waals surface area contributed by atoms with Crippen LogP contribution in [-0.2, 0) is 0 Å². The fraction of sp³-hybridized carbons (Fsp3) is 1.00. The van der Waals surface area contributed by atoms with E-state index in [9.17, 15) is 0 Å². The van der Waals surface area contributed by atoms with Crippen LogP contribution in [0.15, 0.2) is 0 Å². The van der Waals surface area contributed by atoms with Crippen LogP contribution in [0.5, 0.6) is 0 Å². The lowest BCUT2D eigenvalue weighted by Gasteiger charge is -2.44. The number of hydrogen-bond acceptors (Lipinski definition) is 2. The minimum atomic E-state index is 0.308. The molecular formula is C16H34N2. The Bertz CT molecular complexity index is 227. The van der Waals surface area contributed by atoms with Gasteiger partial charge in [-0.15, -0.1) is 0 Å². The summed E-state index contributed by atoms with van der Waals surface area (Å²) in [4.78, 5) is 2.72. The SMILES string of the molecule is CCCCCN(C(C)C)C1(CN)CCC(CC)C1. The second kappa shape index (κ2) is 7.49. The van der Waals surface area contributed by atoms with Crippen LogP contribution in [0.1, 0.15) is 72.6 Å². The van der Waals surface area contributed by atoms with Gasteiger partial charge in [0.05, 0.1) is 0 Å². The molecule has 2 N–H and O–H groups in total. The molecule has 2 unspecified atom stereocenters. The third kappa shape index (κ3) is 3.71. The maximum atomic E-state index is 6.19. The molecule has 0 aromatic rings. The summed E-state index contributed by atoms with van der Waals surface area (Å²) in [5, 5.41) is 0. The molecule has 1 fully saturated rings. The molecule has 0 aliphatic heterocycles. The van der Waals surface area contributed by atoms with Crippen molar-refractivity contribution in [2.75, 3.05) is 13.1 Å². The van der Waals surface area contributed by atoms with Crippen molar-refractivity contribution < 1.29 is 0 Å². The number of nitrogens with two attached hydrogens (primary N) is 1. The normalized spacial score (nSPS) is 28.5. The van der Waals surface area contributed by atoms with Gasteiger partial charge >= 0.3 is 0 Å². The second-order valence-electron chi connectivity index (χ2n) is 6.44. The Kier molecular flexibility index (Phi) is 6.65. The molecule has 1 aliphatic rings. The molecule has 0 heterocycles. The maximum Gasteiger partial charge on any atom is 0.0337 e. The molecule has 0 saturated heterocycles. The zero-order valence-electron chi connectivity index (χ0n) is 13.0. The van der Waals surface area contributed by atoms with Crippen molar-refractivity contribution in [3.8, 4) is 0 Å². The molecular weight excluding hydrogens is 220 g/mol. The van der Waals surface area contributed by atoms with Crippen molar-refractivity contribution in [3.63, 3.8) is 0 Å². The quantitative estimate of drug-likeness (QED) is 0.668. The van der Waals surface area contributed by atoms with Gasteiger partial charge in [-0.25, -0.2) is 0 Å². The van der Waals surface area contributed by atoms with Gasteiger partial charge in [0.15, 0.2) is 0 Å². The summed E-state index contributed by atoms with van der Waals surface area (Å²) in [5.41, 5.74) is 6.50. The van der Waals surface area contributed by atoms with E-state index in [1.807, 2.05) is 0 Å². The van der Waals surface area contributed by atoms with Crippen LogP contribution < -0.4 is 5.73 Å². The minimum Gasteiger partial charge on any atom is -0.329 e. The van der Waals surface area contributed by atoms with E-state index >= 15 is 0 Å². The average molecular weight is 254 g/mol. The van der Waals surface area contributed by atoms with E-state index in [0.717, 1.165) is 12.5 Å². The van der Waals surface area contributed by atoms with Gasteiger partial charge < -0.3 is 5.73 Å². The number of nitrogens with zero attached hydrogens (tertiary/aromatic N) is 1. The highest BCUT2D eigenvalue weighted by Gasteiger charge is 2.42. The van der Waals surface area contributed by atoms with Crippen LogP contribution in [0.3, 0.4) is 0 Å². The highest BCUT2D eigenvalue weighted by Crippen LogP contribution is 2.41. The molecule has 0 aromatic heterocycles. The van der Waals surface area contributed by atoms with E-state index in [4.69, 9.17) is 5.73 Å². The molecule has 18 heavy (non-hydrogen) atoms. The van der Waals surface area contributed by atoms with Gasteiger partial charge in [-0.1, -0.05) is 33.1 Å². The highest BCUT2D eigenvalue weighted by atomic mass is 15.2. The Morgan fingerprint density at radius 3 is 2.44 bits per heavy atom. The van der Waals surface area contributed by atoms with Gasteiger partial charge in [-0.3, -0.25) is 4.90 Å². The van der Waals surface area contributed by atoms with E-state index in [1.165, 1.54) is 51.5 Å². The van der Waals surface area contributed by atoms with Crippen LogP contribution >= 0.6 is 0 Å². The number of rotatable bonds is 8. The number of hydrogen-bond donors (Lipinski definition) is 1. The van der Waals surface area contributed by atoms with Crippen molar-refractivity contribution in [2.45, 2.75) is 84.2 Å². The third-order valence-corrected chi connectivity index (χ3v) is 4.88. The average Bonchev–Trinajstić information content (AvgIpc) is 2.79. The molecule has 1 rings (SSSR count). The second-order valence-corrected chi connectivity index (χ2v) is 6.44. The number of unbranched alkanes of at least 4 members (excludes halogenated alkanes) is 2. The minimum absolute atomic E-state index is 0.308. The highest BCUT2D eigenvalue weighted by molar-refractivity contribution is 4.99. The van der Waals surface area contributed by atoms with Gasteiger partial charge in [0.1, 0.15) is 0 Å². The lowest BCUT2D eigenvalue weighted by atomic mass is 9.91. The van der Waals surface area contributed by atoms with Gasteiger partial charge in [0.25, 0.3) is 0 Å². The first-order valence-electron chi connectivity index (χ1n) is 8.06. The van der Waals surface area contributed by atoms with Crippen molar-refractivity contribution in [1.82, 2.24) is 4.90 Å². The Hall–Kier alpha value is -0.0800. The van der Waals surface area contributed by atoms with Crippen LogP contribution in [-0.4, -0.2) is 29.6 Å². The van der Waals surface area contributed by atoms with Crippen LogP contribution in [0.4, 0.5) is 0 Å². The zero-order valence-corrected chi connectivity index (χ0v) is 13.0. The first-order valence-corrected chi connectivity index (χ1v) is 8.06. The fourth-order valence-corrected chi connectivity index (χ4v) is 3.70. The molecule has 0 spiro atoms. The van der Waals surface area contributed by atoms with E-state index < -0.39 is 0 Å². The van der Waals surface area contributed by atoms with Crippen molar-refractivity contribution in [3.05, 3.63) is 0 Å². The molecule has 0 bridgehead atoms. The standard InChI is InChI=1S/C16H34N2/c1-5-7-8-11-18(14(3)4)16(13-17)10-9-15(6-2)12-16/h14-15H,5-13,17H2,1-4H3. The Labute approximate surface area is 114 Å². The monoisotopic (exact) mass is 254 g/mol. The molecule has 108 valence electrons. The maximum absolute atomic E-state index is 6.19. The van der Waals surface area contributed by atoms with Crippen molar-refractivity contribution in [2.24, 2.45) is 11.7 Å². The van der Waals surface area contributed by atoms with Crippen LogP contribution in [0.2, 0.25) is 0 Å². The zero-order chi connectivity index (χ0) is 13.6. The molecule has 2 heteroatoms. The first-order chi connectivity index (χ1) is 8.59. The molecule has 1 aliphatic carbocycles. The van der Waals surface area contributed by atoms with Gasteiger partial charge in [-0.05, 0) is 52.0 Å². The summed E-state index contributed by atoms with van der Waals surface area (Å²) in [5.74, 6) is 0.904. The largest absolute Gasteiger partial charge is 0.329 e. The summed E-state index contributed by atoms with van der Waals surface area (Å²) in [6.45, 7) is 11.4. The van der Waals surface area contributed by atoms with Crippen molar-refractivity contribution in [1.29, 1.82) is 0 Å². The van der Waals surface area contributed by atoms with Gasteiger partial charge in [0.2, 0.25) is 0 Å². The van der Waals surface area contributed by atoms with E-state index in [1.54, 1.807) is 0 Å². The first kappa shape index (κ1) is 16.0.